The van der Waals surface area contributed by atoms with E-state index in [1.165, 1.54) is 12.1 Å². The lowest BCUT2D eigenvalue weighted by Gasteiger charge is -2.09. The molecule has 0 aliphatic rings. The molecule has 6 aromatic rings. The van der Waals surface area contributed by atoms with E-state index in [-0.39, 0.29) is 5.82 Å². The molecule has 0 fully saturated rings. The van der Waals surface area contributed by atoms with E-state index in [1.807, 2.05) is 53.0 Å². The number of nitrogens with zero attached hydrogens (tertiary/aromatic N) is 4. The summed E-state index contributed by atoms with van der Waals surface area (Å²) in [4.78, 5) is 9.26. The van der Waals surface area contributed by atoms with Gasteiger partial charge in [0.25, 0.3) is 0 Å². The van der Waals surface area contributed by atoms with Crippen molar-refractivity contribution in [1.82, 2.24) is 19.6 Å². The topological polar surface area (TPSA) is 43.1 Å². The summed E-state index contributed by atoms with van der Waals surface area (Å²) < 4.78 is 15.6. The summed E-state index contributed by atoms with van der Waals surface area (Å²) in [7, 11) is 0. The van der Waals surface area contributed by atoms with Gasteiger partial charge in [0.2, 0.25) is 0 Å². The molecule has 0 atom stereocenters. The average Bonchev–Trinajstić information content (AvgIpc) is 3.29. The van der Waals surface area contributed by atoms with Gasteiger partial charge in [-0.15, -0.1) is 0 Å². The second-order valence-corrected chi connectivity index (χ2v) is 7.96. The Bertz CT molecular complexity index is 1580. The van der Waals surface area contributed by atoms with Crippen LogP contribution in [-0.4, -0.2) is 19.6 Å². The summed E-state index contributed by atoms with van der Waals surface area (Å²) in [6.45, 7) is 0. The minimum atomic E-state index is -0.285. The van der Waals surface area contributed by atoms with Crippen LogP contribution in [-0.2, 0) is 0 Å². The molecule has 34 heavy (non-hydrogen) atoms. The van der Waals surface area contributed by atoms with E-state index in [9.17, 15) is 4.39 Å². The number of hydrogen-bond acceptors (Lipinski definition) is 3. The Morgan fingerprint density at radius 1 is 0.618 bits per heavy atom. The van der Waals surface area contributed by atoms with Crippen molar-refractivity contribution in [2.45, 2.75) is 0 Å². The summed E-state index contributed by atoms with van der Waals surface area (Å²) in [5.41, 5.74) is 7.94. The molecule has 3 aromatic carbocycles. The van der Waals surface area contributed by atoms with Gasteiger partial charge >= 0.3 is 0 Å². The maximum atomic E-state index is 13.7. The Morgan fingerprint density at radius 2 is 1.26 bits per heavy atom. The highest BCUT2D eigenvalue weighted by molar-refractivity contribution is 5.92. The lowest BCUT2D eigenvalue weighted by Crippen LogP contribution is -1.98. The molecule has 6 rings (SSSR count). The molecular weight excluding hydrogens is 423 g/mol. The van der Waals surface area contributed by atoms with E-state index in [1.54, 1.807) is 24.5 Å². The fourth-order valence-electron chi connectivity index (χ4n) is 4.18. The molecule has 0 saturated carbocycles. The summed E-state index contributed by atoms with van der Waals surface area (Å²) >= 11 is 0. The standard InChI is InChI=1S/C29H19FN4/c30-24-13-11-23(12-14-24)28-27(22-15-17-31-18-16-22)29-32-25(20-7-3-1-4-8-20)19-26(34(29)33-28)21-9-5-2-6-10-21/h1-19H. The third kappa shape index (κ3) is 3.53. The first-order valence-electron chi connectivity index (χ1n) is 11.0. The highest BCUT2D eigenvalue weighted by Gasteiger charge is 2.21. The quantitative estimate of drug-likeness (QED) is 0.297. The number of aromatic nitrogens is 4. The van der Waals surface area contributed by atoms with Crippen LogP contribution in [0.5, 0.6) is 0 Å². The van der Waals surface area contributed by atoms with Crippen molar-refractivity contribution >= 4 is 5.65 Å². The molecule has 3 aromatic heterocycles. The molecule has 4 nitrogen and oxygen atoms in total. The van der Waals surface area contributed by atoms with Crippen molar-refractivity contribution in [1.29, 1.82) is 0 Å². The second-order valence-electron chi connectivity index (χ2n) is 7.96. The van der Waals surface area contributed by atoms with E-state index in [2.05, 4.69) is 35.3 Å². The second kappa shape index (κ2) is 8.37. The Balaban J connectivity index is 1.73. The first-order valence-corrected chi connectivity index (χ1v) is 11.0. The monoisotopic (exact) mass is 442 g/mol. The van der Waals surface area contributed by atoms with Crippen LogP contribution in [0.25, 0.3) is 50.5 Å². The lowest BCUT2D eigenvalue weighted by atomic mass is 10.0. The molecule has 162 valence electrons. The number of hydrogen-bond donors (Lipinski definition) is 0. The van der Waals surface area contributed by atoms with E-state index >= 15 is 0 Å². The van der Waals surface area contributed by atoms with Gasteiger partial charge in [0, 0.05) is 29.1 Å². The Labute approximate surface area is 196 Å². The number of rotatable bonds is 4. The third-order valence-corrected chi connectivity index (χ3v) is 5.81. The molecule has 0 aliphatic heterocycles. The van der Waals surface area contributed by atoms with Crippen LogP contribution in [0.1, 0.15) is 0 Å². The van der Waals surface area contributed by atoms with Gasteiger partial charge in [-0.3, -0.25) is 4.98 Å². The number of fused-ring (bicyclic) bond motifs is 1. The minimum Gasteiger partial charge on any atom is -0.265 e. The lowest BCUT2D eigenvalue weighted by molar-refractivity contribution is 0.628. The number of halogens is 1. The average molecular weight is 442 g/mol. The van der Waals surface area contributed by atoms with Crippen molar-refractivity contribution in [2.75, 3.05) is 0 Å². The molecular formula is C29H19FN4. The highest BCUT2D eigenvalue weighted by atomic mass is 19.1. The SMILES string of the molecule is Fc1ccc(-c2nn3c(-c4ccccc4)cc(-c4ccccc4)nc3c2-c2ccncc2)cc1. The normalized spacial score (nSPS) is 11.1. The first kappa shape index (κ1) is 20.0. The Kier molecular flexibility index (Phi) is 4.92. The van der Waals surface area contributed by atoms with Crippen molar-refractivity contribution in [2.24, 2.45) is 0 Å². The van der Waals surface area contributed by atoms with Gasteiger partial charge in [0.05, 0.1) is 17.0 Å². The summed E-state index contributed by atoms with van der Waals surface area (Å²) in [5.74, 6) is -0.285. The molecule has 0 spiro atoms. The van der Waals surface area contributed by atoms with E-state index in [0.717, 1.165) is 50.5 Å². The largest absolute Gasteiger partial charge is 0.265 e. The van der Waals surface area contributed by atoms with Crippen LogP contribution < -0.4 is 0 Å². The van der Waals surface area contributed by atoms with Crippen LogP contribution in [0.2, 0.25) is 0 Å². The number of pyridine rings is 1. The zero-order chi connectivity index (χ0) is 22.9. The molecule has 0 N–H and O–H groups in total. The summed E-state index contributed by atoms with van der Waals surface area (Å²) in [5, 5.41) is 5.01. The van der Waals surface area contributed by atoms with Crippen LogP contribution >= 0.6 is 0 Å². The predicted molar refractivity (Wildman–Crippen MR) is 132 cm³/mol. The van der Waals surface area contributed by atoms with E-state index < -0.39 is 0 Å². The van der Waals surface area contributed by atoms with Crippen LogP contribution in [0.4, 0.5) is 4.39 Å². The predicted octanol–water partition coefficient (Wildman–Crippen LogP) is 6.93. The zero-order valence-corrected chi connectivity index (χ0v) is 18.1. The van der Waals surface area contributed by atoms with Crippen LogP contribution in [0, 0.1) is 5.82 Å². The van der Waals surface area contributed by atoms with Crippen LogP contribution in [0.3, 0.4) is 0 Å². The third-order valence-electron chi connectivity index (χ3n) is 5.81. The number of benzene rings is 3. The molecule has 3 heterocycles. The minimum absolute atomic E-state index is 0.285. The van der Waals surface area contributed by atoms with E-state index in [4.69, 9.17) is 10.1 Å². The molecule has 0 aliphatic carbocycles. The molecule has 0 saturated heterocycles. The fraction of sp³-hybridized carbons (Fsp3) is 0. The van der Waals surface area contributed by atoms with Gasteiger partial charge in [-0.1, -0.05) is 60.7 Å². The van der Waals surface area contributed by atoms with Crippen molar-refractivity contribution in [3.8, 4) is 44.9 Å². The van der Waals surface area contributed by atoms with Gasteiger partial charge in [-0.25, -0.2) is 13.9 Å². The van der Waals surface area contributed by atoms with Gasteiger partial charge in [-0.05, 0) is 48.0 Å². The Morgan fingerprint density at radius 3 is 1.94 bits per heavy atom. The van der Waals surface area contributed by atoms with Crippen molar-refractivity contribution < 1.29 is 4.39 Å². The molecule has 0 amide bonds. The summed E-state index contributed by atoms with van der Waals surface area (Å²) in [6, 6.07) is 32.6. The van der Waals surface area contributed by atoms with Crippen molar-refractivity contribution in [3.05, 3.63) is 121 Å². The molecule has 0 unspecified atom stereocenters. The fourth-order valence-corrected chi connectivity index (χ4v) is 4.18. The molecule has 5 heteroatoms. The van der Waals surface area contributed by atoms with Crippen molar-refractivity contribution in [3.63, 3.8) is 0 Å². The zero-order valence-electron chi connectivity index (χ0n) is 18.1. The van der Waals surface area contributed by atoms with Gasteiger partial charge in [0.15, 0.2) is 5.65 Å². The first-order chi connectivity index (χ1) is 16.8. The Hall–Kier alpha value is -4.64. The highest BCUT2D eigenvalue weighted by Crippen LogP contribution is 2.37. The molecule has 0 bridgehead atoms. The van der Waals surface area contributed by atoms with Gasteiger partial charge < -0.3 is 0 Å². The molecule has 0 radical (unpaired) electrons. The van der Waals surface area contributed by atoms with Gasteiger partial charge in [-0.2, -0.15) is 5.10 Å². The van der Waals surface area contributed by atoms with E-state index in [0.29, 0.717) is 0 Å². The smallest absolute Gasteiger partial charge is 0.164 e. The van der Waals surface area contributed by atoms with Gasteiger partial charge in [0.1, 0.15) is 11.5 Å². The maximum Gasteiger partial charge on any atom is 0.164 e. The summed E-state index contributed by atoms with van der Waals surface area (Å²) in [6.07, 6.45) is 3.51. The maximum absolute atomic E-state index is 13.7. The van der Waals surface area contributed by atoms with Crippen LogP contribution in [0.15, 0.2) is 116 Å².